The molecule has 0 bridgehead atoms. The van der Waals surface area contributed by atoms with Crippen LogP contribution in [0.25, 0.3) is 22.2 Å². The van der Waals surface area contributed by atoms with Gasteiger partial charge in [0.15, 0.2) is 0 Å². The average molecular weight is 529 g/mol. The highest BCUT2D eigenvalue weighted by atomic mass is 28.3. The maximum absolute atomic E-state index is 12.7. The van der Waals surface area contributed by atoms with Gasteiger partial charge in [-0.15, -0.1) is 5.54 Å². The number of anilines is 3. The van der Waals surface area contributed by atoms with Gasteiger partial charge in [0.05, 0.1) is 11.6 Å². The van der Waals surface area contributed by atoms with Crippen LogP contribution in [0.4, 0.5) is 17.3 Å². The Hall–Kier alpha value is -3.94. The highest BCUT2D eigenvalue weighted by molar-refractivity contribution is 6.83. The van der Waals surface area contributed by atoms with E-state index in [1.54, 1.807) is 24.0 Å². The molecule has 4 rings (SSSR count). The summed E-state index contributed by atoms with van der Waals surface area (Å²) in [6.45, 7) is 8.35. The summed E-state index contributed by atoms with van der Waals surface area (Å²) in [5.74, 6) is 3.62. The predicted octanol–water partition coefficient (Wildman–Crippen LogP) is 3.70. The summed E-state index contributed by atoms with van der Waals surface area (Å²) < 4.78 is 3.33. The first-order valence-corrected chi connectivity index (χ1v) is 16.1. The normalized spacial score (nSPS) is 11.5. The quantitative estimate of drug-likeness (QED) is 0.289. The molecule has 1 aromatic carbocycles. The maximum Gasteiger partial charge on any atom is 0.253 e. The van der Waals surface area contributed by atoms with E-state index in [1.165, 1.54) is 4.57 Å². The fraction of sp³-hybridized carbons (Fsp3) is 0.357. The third-order valence-electron chi connectivity index (χ3n) is 6.11. The number of aromatic nitrogens is 5. The van der Waals surface area contributed by atoms with Crippen LogP contribution in [-0.4, -0.2) is 71.5 Å². The van der Waals surface area contributed by atoms with E-state index in [4.69, 9.17) is 4.98 Å². The highest BCUT2D eigenvalue weighted by Crippen LogP contribution is 2.33. The number of aryl methyl sites for hydroxylation is 2. The van der Waals surface area contributed by atoms with E-state index in [0.29, 0.717) is 17.2 Å². The van der Waals surface area contributed by atoms with E-state index in [9.17, 15) is 4.79 Å². The summed E-state index contributed by atoms with van der Waals surface area (Å²) in [5, 5.41) is 8.47. The standard InChI is InChI=1S/C28H36N8OSi/c1-33(2)12-13-34(3)25-10-9-22(16-23(25)21-17-30-35(4)19-21)31-28-29-18-24-20(11-14-38(6,7)8)15-26(37)36(5)27(24)32-28/h9-10,15-19H,12-13H2,1-8H3,(H,29,31,32). The average Bonchev–Trinajstić information content (AvgIpc) is 3.29. The first-order valence-electron chi connectivity index (χ1n) is 12.6. The van der Waals surface area contributed by atoms with Gasteiger partial charge in [-0.3, -0.25) is 14.0 Å². The van der Waals surface area contributed by atoms with Crippen molar-refractivity contribution in [2.24, 2.45) is 14.1 Å². The first-order chi connectivity index (χ1) is 17.9. The van der Waals surface area contributed by atoms with Crippen LogP contribution in [0.5, 0.6) is 0 Å². The monoisotopic (exact) mass is 528 g/mol. The lowest BCUT2D eigenvalue weighted by Crippen LogP contribution is -2.28. The van der Waals surface area contributed by atoms with Gasteiger partial charge in [-0.1, -0.05) is 25.6 Å². The van der Waals surface area contributed by atoms with Crippen molar-refractivity contribution in [3.05, 3.63) is 58.8 Å². The van der Waals surface area contributed by atoms with Crippen LogP contribution in [0.15, 0.2) is 47.7 Å². The second kappa shape index (κ2) is 10.8. The number of fused-ring (bicyclic) bond motifs is 1. The van der Waals surface area contributed by atoms with Gasteiger partial charge in [0, 0.05) is 80.8 Å². The molecule has 10 heteroatoms. The van der Waals surface area contributed by atoms with Gasteiger partial charge in [0.25, 0.3) is 5.56 Å². The van der Waals surface area contributed by atoms with E-state index in [0.717, 1.165) is 41.0 Å². The zero-order chi connectivity index (χ0) is 27.6. The van der Waals surface area contributed by atoms with Crippen molar-refractivity contribution in [2.75, 3.05) is 44.4 Å². The molecule has 0 aliphatic heterocycles. The molecule has 1 N–H and O–H groups in total. The molecule has 198 valence electrons. The molecule has 0 atom stereocenters. The summed E-state index contributed by atoms with van der Waals surface area (Å²) in [6, 6.07) is 7.77. The van der Waals surface area contributed by atoms with Gasteiger partial charge in [0.1, 0.15) is 13.7 Å². The lowest BCUT2D eigenvalue weighted by molar-refractivity contribution is 0.416. The predicted molar refractivity (Wildman–Crippen MR) is 159 cm³/mol. The van der Waals surface area contributed by atoms with E-state index in [-0.39, 0.29) is 5.56 Å². The molecule has 9 nitrogen and oxygen atoms in total. The van der Waals surface area contributed by atoms with Crippen molar-refractivity contribution in [3.63, 3.8) is 0 Å². The largest absolute Gasteiger partial charge is 0.373 e. The Bertz CT molecular complexity index is 1590. The fourth-order valence-electron chi connectivity index (χ4n) is 3.98. The minimum atomic E-state index is -1.61. The van der Waals surface area contributed by atoms with Crippen LogP contribution in [0.2, 0.25) is 19.6 Å². The number of benzene rings is 1. The summed E-state index contributed by atoms with van der Waals surface area (Å²) in [7, 11) is 8.27. The van der Waals surface area contributed by atoms with Crippen LogP contribution < -0.4 is 15.8 Å². The highest BCUT2D eigenvalue weighted by Gasteiger charge is 2.15. The maximum atomic E-state index is 12.7. The Morgan fingerprint density at radius 3 is 2.47 bits per heavy atom. The van der Waals surface area contributed by atoms with Crippen LogP contribution in [0, 0.1) is 11.5 Å². The SMILES string of the molecule is CN(C)CCN(C)c1ccc(Nc2ncc3c(C#C[Si](C)(C)C)cc(=O)n(C)c3n2)cc1-c1cnn(C)c1. The van der Waals surface area contributed by atoms with Crippen LogP contribution >= 0.6 is 0 Å². The van der Waals surface area contributed by atoms with Gasteiger partial charge in [-0.2, -0.15) is 10.1 Å². The summed E-state index contributed by atoms with van der Waals surface area (Å²) in [4.78, 5) is 26.3. The molecule has 0 aliphatic carbocycles. The Morgan fingerprint density at radius 1 is 1.05 bits per heavy atom. The van der Waals surface area contributed by atoms with Gasteiger partial charge in [0.2, 0.25) is 5.95 Å². The van der Waals surface area contributed by atoms with E-state index < -0.39 is 8.07 Å². The van der Waals surface area contributed by atoms with E-state index in [1.807, 2.05) is 25.5 Å². The number of nitrogens with zero attached hydrogens (tertiary/aromatic N) is 7. The van der Waals surface area contributed by atoms with Crippen LogP contribution in [0.3, 0.4) is 0 Å². The first kappa shape index (κ1) is 27.1. The van der Waals surface area contributed by atoms with Gasteiger partial charge in [-0.25, -0.2) is 4.98 Å². The molecule has 0 unspecified atom stereocenters. The number of rotatable bonds is 7. The summed E-state index contributed by atoms with van der Waals surface area (Å²) in [5.41, 5.74) is 8.43. The Labute approximate surface area is 225 Å². The molecule has 0 radical (unpaired) electrons. The minimum absolute atomic E-state index is 0.147. The Morgan fingerprint density at radius 2 is 1.82 bits per heavy atom. The molecule has 0 spiro atoms. The van der Waals surface area contributed by atoms with Gasteiger partial charge in [-0.05, 0) is 32.3 Å². The number of hydrogen-bond acceptors (Lipinski definition) is 7. The molecule has 3 heterocycles. The van der Waals surface area contributed by atoms with Crippen molar-refractivity contribution in [3.8, 4) is 22.6 Å². The van der Waals surface area contributed by atoms with Crippen molar-refractivity contribution in [1.82, 2.24) is 29.2 Å². The van der Waals surface area contributed by atoms with Crippen molar-refractivity contribution in [2.45, 2.75) is 19.6 Å². The summed E-state index contributed by atoms with van der Waals surface area (Å²) in [6.07, 6.45) is 5.62. The number of hydrogen-bond donors (Lipinski definition) is 1. The molecule has 0 saturated heterocycles. The lowest BCUT2D eigenvalue weighted by atomic mass is 10.1. The third kappa shape index (κ3) is 6.30. The van der Waals surface area contributed by atoms with Gasteiger partial charge >= 0.3 is 0 Å². The summed E-state index contributed by atoms with van der Waals surface area (Å²) >= 11 is 0. The molecule has 4 aromatic rings. The number of nitrogens with one attached hydrogen (secondary N) is 1. The van der Waals surface area contributed by atoms with E-state index >= 15 is 0 Å². The smallest absolute Gasteiger partial charge is 0.253 e. The second-order valence-corrected chi connectivity index (χ2v) is 15.6. The molecule has 0 fully saturated rings. The molecular weight excluding hydrogens is 492 g/mol. The van der Waals surface area contributed by atoms with E-state index in [2.05, 4.69) is 89.6 Å². The molecule has 0 amide bonds. The van der Waals surface area contributed by atoms with Crippen molar-refractivity contribution < 1.29 is 0 Å². The topological polar surface area (TPSA) is 84.1 Å². The van der Waals surface area contributed by atoms with Crippen molar-refractivity contribution >= 4 is 36.4 Å². The number of likely N-dealkylation sites (N-methyl/N-ethyl adjacent to an activating group) is 2. The lowest BCUT2D eigenvalue weighted by Gasteiger charge is -2.24. The zero-order valence-electron chi connectivity index (χ0n) is 23.5. The third-order valence-corrected chi connectivity index (χ3v) is 6.98. The second-order valence-electron chi connectivity index (χ2n) is 10.9. The number of pyridine rings is 1. The molecule has 0 aliphatic rings. The van der Waals surface area contributed by atoms with Gasteiger partial charge < -0.3 is 15.1 Å². The van der Waals surface area contributed by atoms with Crippen LogP contribution in [-0.2, 0) is 14.1 Å². The Balaban J connectivity index is 1.72. The zero-order valence-corrected chi connectivity index (χ0v) is 24.5. The Kier molecular flexibility index (Phi) is 7.71. The molecular formula is C28H36N8OSi. The minimum Gasteiger partial charge on any atom is -0.373 e. The van der Waals surface area contributed by atoms with Crippen LogP contribution in [0.1, 0.15) is 5.56 Å². The molecule has 3 aromatic heterocycles. The molecule has 0 saturated carbocycles. The van der Waals surface area contributed by atoms with Crippen molar-refractivity contribution in [1.29, 1.82) is 0 Å². The molecule has 38 heavy (non-hydrogen) atoms. The fourth-order valence-corrected chi connectivity index (χ4v) is 4.49.